The Bertz CT molecular complexity index is 796. The van der Waals surface area contributed by atoms with Crippen LogP contribution in [0.1, 0.15) is 35.9 Å². The highest BCUT2D eigenvalue weighted by Crippen LogP contribution is 2.24. The first kappa shape index (κ1) is 18.9. The van der Waals surface area contributed by atoms with Crippen LogP contribution in [0.2, 0.25) is 0 Å². The summed E-state index contributed by atoms with van der Waals surface area (Å²) in [7, 11) is 1.72. The molecule has 2 amide bonds. The lowest BCUT2D eigenvalue weighted by Gasteiger charge is -2.24. The fraction of sp³-hybridized carbons (Fsp3) is 0.421. The molecule has 0 aliphatic carbocycles. The van der Waals surface area contributed by atoms with Crippen molar-refractivity contribution >= 4 is 17.7 Å². The van der Waals surface area contributed by atoms with Crippen molar-refractivity contribution in [3.05, 3.63) is 47.3 Å². The molecule has 0 saturated carbocycles. The summed E-state index contributed by atoms with van der Waals surface area (Å²) in [5.41, 5.74) is 2.03. The van der Waals surface area contributed by atoms with Crippen LogP contribution in [-0.4, -0.2) is 52.2 Å². The first-order valence-electron chi connectivity index (χ1n) is 8.95. The molecule has 2 aromatic rings. The molecule has 0 bridgehead atoms. The van der Waals surface area contributed by atoms with Crippen molar-refractivity contribution in [2.45, 2.75) is 32.4 Å². The van der Waals surface area contributed by atoms with E-state index in [-0.39, 0.29) is 6.03 Å². The number of likely N-dealkylation sites (N-methyl/N-ethyl adjacent to an activating group) is 1. The van der Waals surface area contributed by atoms with Gasteiger partial charge in [0.15, 0.2) is 5.76 Å². The SMILES string of the molecule is Cc1cc(CN(C)[C@@H](C(=O)O)c2ccc(NC(=O)N3CCCC3)cc2)on1. The summed E-state index contributed by atoms with van der Waals surface area (Å²) in [5, 5.41) is 16.4. The van der Waals surface area contributed by atoms with E-state index in [1.165, 1.54) is 0 Å². The zero-order chi connectivity index (χ0) is 19.4. The number of aliphatic carboxylic acids is 1. The Morgan fingerprint density at radius 1 is 1.30 bits per heavy atom. The third-order valence-corrected chi connectivity index (χ3v) is 4.63. The van der Waals surface area contributed by atoms with Crippen molar-refractivity contribution < 1.29 is 19.2 Å². The summed E-state index contributed by atoms with van der Waals surface area (Å²) in [6.45, 7) is 3.69. The summed E-state index contributed by atoms with van der Waals surface area (Å²) in [5.74, 6) is -0.349. The Labute approximate surface area is 157 Å². The number of hydrogen-bond donors (Lipinski definition) is 2. The monoisotopic (exact) mass is 372 g/mol. The van der Waals surface area contributed by atoms with Gasteiger partial charge >= 0.3 is 12.0 Å². The van der Waals surface area contributed by atoms with Gasteiger partial charge in [0.2, 0.25) is 0 Å². The molecule has 2 heterocycles. The van der Waals surface area contributed by atoms with Crippen LogP contribution in [0.4, 0.5) is 10.5 Å². The lowest BCUT2D eigenvalue weighted by molar-refractivity contribution is -0.143. The molecule has 1 aromatic heterocycles. The first-order valence-corrected chi connectivity index (χ1v) is 8.95. The van der Waals surface area contributed by atoms with Crippen molar-refractivity contribution in [1.82, 2.24) is 15.0 Å². The largest absolute Gasteiger partial charge is 0.480 e. The molecule has 0 spiro atoms. The van der Waals surface area contributed by atoms with Gasteiger partial charge in [-0.25, -0.2) is 4.79 Å². The number of anilines is 1. The van der Waals surface area contributed by atoms with Gasteiger partial charge in [0.1, 0.15) is 6.04 Å². The van der Waals surface area contributed by atoms with E-state index in [1.807, 2.05) is 6.92 Å². The fourth-order valence-corrected chi connectivity index (χ4v) is 3.29. The van der Waals surface area contributed by atoms with Crippen LogP contribution in [0.25, 0.3) is 0 Å². The predicted molar refractivity (Wildman–Crippen MR) is 99.4 cm³/mol. The molecule has 1 fully saturated rings. The lowest BCUT2D eigenvalue weighted by Crippen LogP contribution is -2.32. The van der Waals surface area contributed by atoms with E-state index in [4.69, 9.17) is 4.52 Å². The number of aromatic nitrogens is 1. The zero-order valence-electron chi connectivity index (χ0n) is 15.5. The van der Waals surface area contributed by atoms with Gasteiger partial charge in [0.05, 0.1) is 12.2 Å². The number of rotatable bonds is 6. The number of aryl methyl sites for hydroxylation is 1. The van der Waals surface area contributed by atoms with E-state index in [0.29, 0.717) is 23.6 Å². The zero-order valence-corrected chi connectivity index (χ0v) is 15.5. The highest BCUT2D eigenvalue weighted by Gasteiger charge is 2.26. The summed E-state index contributed by atoms with van der Waals surface area (Å²) in [6.07, 6.45) is 2.06. The van der Waals surface area contributed by atoms with E-state index < -0.39 is 12.0 Å². The second-order valence-corrected chi connectivity index (χ2v) is 6.84. The van der Waals surface area contributed by atoms with Gasteiger partial charge in [0, 0.05) is 24.8 Å². The van der Waals surface area contributed by atoms with Crippen LogP contribution in [0.3, 0.4) is 0 Å². The van der Waals surface area contributed by atoms with Gasteiger partial charge in [0.25, 0.3) is 0 Å². The maximum atomic E-state index is 12.2. The number of nitrogens with zero attached hydrogens (tertiary/aromatic N) is 3. The number of hydrogen-bond acceptors (Lipinski definition) is 5. The molecular weight excluding hydrogens is 348 g/mol. The topological polar surface area (TPSA) is 98.9 Å². The van der Waals surface area contributed by atoms with Gasteiger partial charge in [-0.15, -0.1) is 0 Å². The fourth-order valence-electron chi connectivity index (χ4n) is 3.29. The normalized spacial score (nSPS) is 15.1. The molecule has 1 aliphatic heterocycles. The Kier molecular flexibility index (Phi) is 5.75. The number of likely N-dealkylation sites (tertiary alicyclic amines) is 1. The number of carboxylic acid groups (broad SMARTS) is 1. The van der Waals surface area contributed by atoms with Gasteiger partial charge in [-0.1, -0.05) is 17.3 Å². The molecular formula is C19H24N4O4. The van der Waals surface area contributed by atoms with E-state index in [0.717, 1.165) is 31.6 Å². The van der Waals surface area contributed by atoms with E-state index >= 15 is 0 Å². The molecule has 144 valence electrons. The van der Waals surface area contributed by atoms with E-state index in [2.05, 4.69) is 10.5 Å². The van der Waals surface area contributed by atoms with Crippen molar-refractivity contribution in [1.29, 1.82) is 0 Å². The molecule has 1 saturated heterocycles. The molecule has 1 aliphatic rings. The number of carbonyl (C=O) groups is 2. The van der Waals surface area contributed by atoms with Crippen LogP contribution in [0.15, 0.2) is 34.9 Å². The van der Waals surface area contributed by atoms with E-state index in [1.54, 1.807) is 47.2 Å². The van der Waals surface area contributed by atoms with Gasteiger partial charge in [-0.2, -0.15) is 0 Å². The lowest BCUT2D eigenvalue weighted by atomic mass is 10.1. The smallest absolute Gasteiger partial charge is 0.325 e. The minimum atomic E-state index is -0.956. The molecule has 1 aromatic carbocycles. The quantitative estimate of drug-likeness (QED) is 0.809. The number of amides is 2. The highest BCUT2D eigenvalue weighted by molar-refractivity contribution is 5.89. The Morgan fingerprint density at radius 3 is 2.52 bits per heavy atom. The van der Waals surface area contributed by atoms with Gasteiger partial charge in [-0.3, -0.25) is 9.69 Å². The van der Waals surface area contributed by atoms with Crippen LogP contribution >= 0.6 is 0 Å². The summed E-state index contributed by atoms with van der Waals surface area (Å²) < 4.78 is 5.18. The number of urea groups is 1. The van der Waals surface area contributed by atoms with Gasteiger partial charge < -0.3 is 19.8 Å². The Morgan fingerprint density at radius 2 is 1.96 bits per heavy atom. The molecule has 8 heteroatoms. The molecule has 3 rings (SSSR count). The Balaban J connectivity index is 1.68. The second kappa shape index (κ2) is 8.22. The van der Waals surface area contributed by atoms with Crippen LogP contribution in [0, 0.1) is 6.92 Å². The molecule has 0 unspecified atom stereocenters. The molecule has 2 N–H and O–H groups in total. The van der Waals surface area contributed by atoms with Crippen LogP contribution in [0.5, 0.6) is 0 Å². The van der Waals surface area contributed by atoms with Crippen LogP contribution in [-0.2, 0) is 11.3 Å². The first-order chi connectivity index (χ1) is 12.9. The average Bonchev–Trinajstić information content (AvgIpc) is 3.28. The minimum absolute atomic E-state index is 0.118. The molecule has 8 nitrogen and oxygen atoms in total. The predicted octanol–water partition coefficient (Wildman–Crippen LogP) is 2.87. The number of carboxylic acids is 1. The minimum Gasteiger partial charge on any atom is -0.480 e. The van der Waals surface area contributed by atoms with E-state index in [9.17, 15) is 14.7 Å². The number of carbonyl (C=O) groups excluding carboxylic acids is 1. The Hall–Kier alpha value is -2.87. The number of benzene rings is 1. The molecule has 27 heavy (non-hydrogen) atoms. The third-order valence-electron chi connectivity index (χ3n) is 4.63. The molecule has 0 radical (unpaired) electrons. The summed E-state index contributed by atoms with van der Waals surface area (Å²) >= 11 is 0. The van der Waals surface area contributed by atoms with Crippen molar-refractivity contribution in [3.63, 3.8) is 0 Å². The third kappa shape index (κ3) is 4.65. The van der Waals surface area contributed by atoms with Crippen molar-refractivity contribution in [3.8, 4) is 0 Å². The second-order valence-electron chi connectivity index (χ2n) is 6.84. The van der Waals surface area contributed by atoms with Gasteiger partial charge in [-0.05, 0) is 44.5 Å². The number of nitrogens with one attached hydrogen (secondary N) is 1. The molecule has 1 atom stereocenters. The average molecular weight is 372 g/mol. The standard InChI is InChI=1S/C19H24N4O4/c1-13-11-16(27-21-13)12-22(2)17(18(24)25)14-5-7-15(8-6-14)20-19(26)23-9-3-4-10-23/h5-8,11,17H,3-4,9-10,12H2,1-2H3,(H,20,26)(H,24,25)/t17-/m1/s1. The summed E-state index contributed by atoms with van der Waals surface area (Å²) in [6, 6.07) is 7.73. The van der Waals surface area contributed by atoms with Crippen LogP contribution < -0.4 is 5.32 Å². The van der Waals surface area contributed by atoms with Crippen molar-refractivity contribution in [2.24, 2.45) is 0 Å². The summed E-state index contributed by atoms with van der Waals surface area (Å²) in [4.78, 5) is 27.4. The maximum Gasteiger partial charge on any atom is 0.325 e. The van der Waals surface area contributed by atoms with Crippen molar-refractivity contribution in [2.75, 3.05) is 25.5 Å². The maximum absolute atomic E-state index is 12.2. The highest BCUT2D eigenvalue weighted by atomic mass is 16.5.